The molecule has 0 aromatic carbocycles. The van der Waals surface area contributed by atoms with Crippen molar-refractivity contribution in [3.63, 3.8) is 0 Å². The molecule has 0 radical (unpaired) electrons. The van der Waals surface area contributed by atoms with Gasteiger partial charge in [-0.05, 0) is 24.3 Å². The summed E-state index contributed by atoms with van der Waals surface area (Å²) in [6.07, 6.45) is 12.4. The molecule has 0 nitrogen and oxygen atoms in total. The van der Waals surface area contributed by atoms with Gasteiger partial charge in [0.15, 0.2) is 0 Å². The Hall–Kier alpha value is -0.690. The van der Waals surface area contributed by atoms with Gasteiger partial charge in [-0.1, -0.05) is 42.9 Å². The molecule has 0 fully saturated rings. The molecule has 0 aliphatic heterocycles. The van der Waals surface area contributed by atoms with E-state index in [1.807, 2.05) is 11.5 Å². The van der Waals surface area contributed by atoms with Gasteiger partial charge in [-0.3, -0.25) is 0 Å². The molecule has 0 aromatic heterocycles. The van der Waals surface area contributed by atoms with E-state index in [9.17, 15) is 0 Å². The van der Waals surface area contributed by atoms with Crippen molar-refractivity contribution < 1.29 is 0 Å². The highest BCUT2D eigenvalue weighted by atomic mass is 32.3. The molecule has 0 atom stereocenters. The Bertz CT molecular complexity index is 219. The SMILES string of the molecule is C=C/C=C\C(=C/C)S(C)(C)C=C. The van der Waals surface area contributed by atoms with E-state index in [0.717, 1.165) is 0 Å². The predicted octanol–water partition coefficient (Wildman–Crippen LogP) is 3.84. The molecule has 0 spiro atoms. The fourth-order valence-electron chi connectivity index (χ4n) is 0.834. The maximum atomic E-state index is 3.85. The largest absolute Gasteiger partial charge is 0.201 e. The zero-order chi connectivity index (χ0) is 9.61. The lowest BCUT2D eigenvalue weighted by molar-refractivity contribution is 1.69. The van der Waals surface area contributed by atoms with Crippen molar-refractivity contribution in [1.29, 1.82) is 0 Å². The van der Waals surface area contributed by atoms with Crippen LogP contribution >= 0.6 is 10.0 Å². The lowest BCUT2D eigenvalue weighted by atomic mass is 10.4. The van der Waals surface area contributed by atoms with E-state index in [4.69, 9.17) is 0 Å². The molecule has 0 saturated heterocycles. The maximum absolute atomic E-state index is 3.85. The topological polar surface area (TPSA) is 0 Å². The van der Waals surface area contributed by atoms with Crippen molar-refractivity contribution in [3.05, 3.63) is 47.8 Å². The summed E-state index contributed by atoms with van der Waals surface area (Å²) in [5, 5.41) is 2.04. The van der Waals surface area contributed by atoms with Crippen LogP contribution < -0.4 is 0 Å². The molecule has 1 heteroatoms. The van der Waals surface area contributed by atoms with Gasteiger partial charge in [0, 0.05) is 0 Å². The zero-order valence-electron chi connectivity index (χ0n) is 8.21. The second kappa shape index (κ2) is 5.04. The Kier molecular flexibility index (Phi) is 4.75. The third-order valence-electron chi connectivity index (χ3n) is 1.71. The van der Waals surface area contributed by atoms with E-state index in [1.54, 1.807) is 6.08 Å². The van der Waals surface area contributed by atoms with Crippen molar-refractivity contribution in [3.8, 4) is 0 Å². The first kappa shape index (κ1) is 11.3. The Labute approximate surface area is 77.7 Å². The molecule has 0 N–H and O–H groups in total. The molecule has 0 heterocycles. The van der Waals surface area contributed by atoms with Gasteiger partial charge in [0.05, 0.1) is 0 Å². The number of rotatable bonds is 4. The van der Waals surface area contributed by atoms with E-state index in [-0.39, 0.29) is 0 Å². The highest BCUT2D eigenvalue weighted by Gasteiger charge is 2.08. The highest BCUT2D eigenvalue weighted by Crippen LogP contribution is 2.49. The summed E-state index contributed by atoms with van der Waals surface area (Å²) in [6, 6.07) is 0. The van der Waals surface area contributed by atoms with Crippen LogP contribution in [-0.4, -0.2) is 12.5 Å². The quantitative estimate of drug-likeness (QED) is 0.579. The summed E-state index contributed by atoms with van der Waals surface area (Å²) in [4.78, 5) is 1.34. The Balaban J connectivity index is 4.69. The first-order valence-electron chi connectivity index (χ1n) is 3.89. The summed E-state index contributed by atoms with van der Waals surface area (Å²) in [7, 11) is -0.792. The third-order valence-corrected chi connectivity index (χ3v) is 4.13. The van der Waals surface area contributed by atoms with E-state index >= 15 is 0 Å². The Morgan fingerprint density at radius 1 is 1.25 bits per heavy atom. The van der Waals surface area contributed by atoms with Gasteiger partial charge in [0.2, 0.25) is 0 Å². The van der Waals surface area contributed by atoms with Crippen LogP contribution in [0.15, 0.2) is 47.8 Å². The summed E-state index contributed by atoms with van der Waals surface area (Å²) in [5.74, 6) is 0. The normalized spacial score (nSPS) is 14.8. The summed E-state index contributed by atoms with van der Waals surface area (Å²) in [5.41, 5.74) is 0. The second-order valence-corrected chi connectivity index (χ2v) is 6.47. The minimum atomic E-state index is -0.792. The van der Waals surface area contributed by atoms with Crippen molar-refractivity contribution in [2.75, 3.05) is 12.5 Å². The standard InChI is InChI=1S/C11H18S/c1-6-9-10-11(7-2)12(4,5)8-3/h6-10H,1,3H2,2,4-5H3/b10-9-,11-7+. The Morgan fingerprint density at radius 2 is 1.83 bits per heavy atom. The first-order chi connectivity index (χ1) is 5.58. The molecule has 12 heavy (non-hydrogen) atoms. The minimum Gasteiger partial charge on any atom is -0.201 e. The number of hydrogen-bond donors (Lipinski definition) is 0. The van der Waals surface area contributed by atoms with E-state index < -0.39 is 10.0 Å². The maximum Gasteiger partial charge on any atom is -0.0112 e. The van der Waals surface area contributed by atoms with Crippen molar-refractivity contribution in [1.82, 2.24) is 0 Å². The number of hydrogen-bond acceptors (Lipinski definition) is 0. The molecular weight excluding hydrogens is 164 g/mol. The molecule has 0 aromatic rings. The predicted molar refractivity (Wildman–Crippen MR) is 62.7 cm³/mol. The van der Waals surface area contributed by atoms with Crippen molar-refractivity contribution >= 4 is 10.0 Å². The van der Waals surface area contributed by atoms with Crippen LogP contribution in [0.3, 0.4) is 0 Å². The molecule has 0 unspecified atom stereocenters. The molecule has 68 valence electrons. The monoisotopic (exact) mass is 182 g/mol. The van der Waals surface area contributed by atoms with Crippen molar-refractivity contribution in [2.45, 2.75) is 6.92 Å². The first-order valence-corrected chi connectivity index (χ1v) is 6.41. The van der Waals surface area contributed by atoms with Gasteiger partial charge in [-0.25, -0.2) is 10.0 Å². The van der Waals surface area contributed by atoms with Gasteiger partial charge < -0.3 is 0 Å². The van der Waals surface area contributed by atoms with Crippen molar-refractivity contribution in [2.24, 2.45) is 0 Å². The number of allylic oxidation sites excluding steroid dienone is 4. The summed E-state index contributed by atoms with van der Waals surface area (Å²) >= 11 is 0. The molecule has 0 aliphatic carbocycles. The Morgan fingerprint density at radius 3 is 2.17 bits per heavy atom. The average Bonchev–Trinajstić information content (AvgIpc) is 2.05. The van der Waals surface area contributed by atoms with Gasteiger partial charge in [0.1, 0.15) is 0 Å². The average molecular weight is 182 g/mol. The molecule has 0 rings (SSSR count). The summed E-state index contributed by atoms with van der Waals surface area (Å²) < 4.78 is 0. The van der Waals surface area contributed by atoms with Crippen LogP contribution in [0.25, 0.3) is 0 Å². The third kappa shape index (κ3) is 3.14. The van der Waals surface area contributed by atoms with Crippen LogP contribution in [0.2, 0.25) is 0 Å². The fraction of sp³-hybridized carbons (Fsp3) is 0.273. The van der Waals surface area contributed by atoms with Crippen LogP contribution in [0, 0.1) is 0 Å². The van der Waals surface area contributed by atoms with Crippen LogP contribution in [0.5, 0.6) is 0 Å². The van der Waals surface area contributed by atoms with Gasteiger partial charge in [-0.2, -0.15) is 0 Å². The van der Waals surface area contributed by atoms with Gasteiger partial charge in [0.25, 0.3) is 0 Å². The molecule has 0 amide bonds. The van der Waals surface area contributed by atoms with Crippen LogP contribution in [-0.2, 0) is 0 Å². The molecular formula is C11H18S. The van der Waals surface area contributed by atoms with Gasteiger partial charge in [-0.15, -0.1) is 0 Å². The van der Waals surface area contributed by atoms with E-state index in [2.05, 4.69) is 44.7 Å². The van der Waals surface area contributed by atoms with E-state index in [0.29, 0.717) is 0 Å². The molecule has 0 saturated carbocycles. The lowest BCUT2D eigenvalue weighted by Crippen LogP contribution is -1.91. The lowest BCUT2D eigenvalue weighted by Gasteiger charge is -2.27. The second-order valence-electron chi connectivity index (χ2n) is 2.86. The highest BCUT2D eigenvalue weighted by molar-refractivity contribution is 8.38. The molecule has 0 aliphatic rings. The smallest absolute Gasteiger partial charge is 0.0112 e. The van der Waals surface area contributed by atoms with E-state index in [1.165, 1.54) is 4.91 Å². The fourth-order valence-corrected chi connectivity index (χ4v) is 2.06. The summed E-state index contributed by atoms with van der Waals surface area (Å²) in [6.45, 7) is 9.55. The van der Waals surface area contributed by atoms with Gasteiger partial charge >= 0.3 is 0 Å². The van der Waals surface area contributed by atoms with Crippen LogP contribution in [0.4, 0.5) is 0 Å². The minimum absolute atomic E-state index is 0.792. The zero-order valence-corrected chi connectivity index (χ0v) is 9.03. The van der Waals surface area contributed by atoms with Crippen LogP contribution in [0.1, 0.15) is 6.92 Å². The molecule has 0 bridgehead atoms.